The van der Waals surface area contributed by atoms with E-state index in [1.807, 2.05) is 19.1 Å². The van der Waals surface area contributed by atoms with Crippen LogP contribution in [0.15, 0.2) is 60.1 Å². The van der Waals surface area contributed by atoms with Crippen molar-refractivity contribution in [2.24, 2.45) is 0 Å². The summed E-state index contributed by atoms with van der Waals surface area (Å²) >= 11 is 0. The molecule has 0 aliphatic carbocycles. The Morgan fingerprint density at radius 1 is 1.16 bits per heavy atom. The zero-order valence-electron chi connectivity index (χ0n) is 10.9. The zero-order chi connectivity index (χ0) is 14.1. The summed E-state index contributed by atoms with van der Waals surface area (Å²) in [6.45, 7) is 5.49. The molecule has 0 spiro atoms. The van der Waals surface area contributed by atoms with Gasteiger partial charge < -0.3 is 0 Å². The van der Waals surface area contributed by atoms with Crippen LogP contribution in [0.2, 0.25) is 0 Å². The fraction of sp³-hybridized carbons (Fsp3) is 0.0588. The van der Waals surface area contributed by atoms with Crippen molar-refractivity contribution < 1.29 is 0 Å². The Morgan fingerprint density at radius 3 is 2.42 bits per heavy atom. The van der Waals surface area contributed by atoms with Crippen molar-refractivity contribution in [3.63, 3.8) is 0 Å². The maximum Gasteiger partial charge on any atom is 0.113 e. The first-order chi connectivity index (χ1) is 9.11. The first kappa shape index (κ1) is 14.7. The predicted octanol–water partition coefficient (Wildman–Crippen LogP) is 2.02. The lowest BCUT2D eigenvalue weighted by atomic mass is 9.95. The van der Waals surface area contributed by atoms with E-state index in [2.05, 4.69) is 30.3 Å². The molecule has 0 N–H and O–H groups in total. The van der Waals surface area contributed by atoms with Crippen LogP contribution in [0.5, 0.6) is 0 Å². The van der Waals surface area contributed by atoms with Gasteiger partial charge in [-0.25, -0.2) is 0 Å². The molecule has 0 unspecified atom stereocenters. The molecular weight excluding hydrogens is 226 g/mol. The van der Waals surface area contributed by atoms with Gasteiger partial charge >= 0.3 is 0 Å². The predicted molar refractivity (Wildman–Crippen MR) is 84.3 cm³/mol. The lowest BCUT2D eigenvalue weighted by Crippen LogP contribution is -1.99. The van der Waals surface area contributed by atoms with E-state index in [9.17, 15) is 0 Å². The van der Waals surface area contributed by atoms with Crippen LogP contribution in [-0.4, -0.2) is 15.7 Å². The summed E-state index contributed by atoms with van der Waals surface area (Å²) in [5.74, 6) is 11.4. The Morgan fingerprint density at radius 2 is 1.84 bits per heavy atom. The van der Waals surface area contributed by atoms with Crippen molar-refractivity contribution in [3.8, 4) is 23.7 Å². The summed E-state index contributed by atoms with van der Waals surface area (Å²) in [6, 6.07) is 7.33. The van der Waals surface area contributed by atoms with Gasteiger partial charge in [0.05, 0.1) is 0 Å². The fourth-order valence-corrected chi connectivity index (χ4v) is 1.16. The van der Waals surface area contributed by atoms with Crippen molar-refractivity contribution in [2.45, 2.75) is 6.92 Å². The molecule has 0 saturated heterocycles. The van der Waals surface area contributed by atoms with Crippen LogP contribution < -0.4 is 5.46 Å². The molecule has 0 amide bonds. The number of allylic oxidation sites excluding steroid dienone is 5. The van der Waals surface area contributed by atoms with Crippen molar-refractivity contribution in [3.05, 3.63) is 65.7 Å². The Bertz CT molecular complexity index is 620. The van der Waals surface area contributed by atoms with Gasteiger partial charge in [0.1, 0.15) is 15.7 Å². The lowest BCUT2D eigenvalue weighted by molar-refractivity contribution is 1.64. The maximum atomic E-state index is 5.59. The van der Waals surface area contributed by atoms with Gasteiger partial charge in [0.25, 0.3) is 0 Å². The molecule has 1 aromatic carbocycles. The summed E-state index contributed by atoms with van der Waals surface area (Å²) in [6.07, 6.45) is 5.25. The third-order valence-electron chi connectivity index (χ3n) is 2.13. The number of benzene rings is 1. The second-order valence-electron chi connectivity index (χ2n) is 3.86. The molecule has 0 nitrogen and oxygen atoms in total. The van der Waals surface area contributed by atoms with E-state index in [0.29, 0.717) is 5.47 Å². The SMILES string of the molecule is [B]/C(C)=C/C=C(/C#CC#Cc1ccc([B])cc1)C=C. The van der Waals surface area contributed by atoms with Crippen LogP contribution in [0.4, 0.5) is 0 Å². The Balaban J connectivity index is 2.79. The largest absolute Gasteiger partial charge is 0.121 e. The average Bonchev–Trinajstić information content (AvgIpc) is 2.40. The number of rotatable bonds is 2. The molecule has 0 bridgehead atoms. The molecule has 0 aliphatic rings. The van der Waals surface area contributed by atoms with E-state index in [4.69, 9.17) is 15.7 Å². The van der Waals surface area contributed by atoms with Crippen molar-refractivity contribution in [1.29, 1.82) is 0 Å². The molecule has 19 heavy (non-hydrogen) atoms. The molecule has 2 heteroatoms. The van der Waals surface area contributed by atoms with Crippen LogP contribution >= 0.6 is 0 Å². The third-order valence-corrected chi connectivity index (χ3v) is 2.13. The highest BCUT2D eigenvalue weighted by Crippen LogP contribution is 1.96. The molecule has 0 atom stereocenters. The first-order valence-corrected chi connectivity index (χ1v) is 5.76. The van der Waals surface area contributed by atoms with Crippen LogP contribution in [-0.2, 0) is 0 Å². The zero-order valence-corrected chi connectivity index (χ0v) is 10.9. The molecule has 1 rings (SSSR count). The van der Waals surface area contributed by atoms with Gasteiger partial charge in [0.2, 0.25) is 0 Å². The summed E-state index contributed by atoms with van der Waals surface area (Å²) < 4.78 is 0. The van der Waals surface area contributed by atoms with Gasteiger partial charge in [-0.1, -0.05) is 55.1 Å². The first-order valence-electron chi connectivity index (χ1n) is 5.76. The lowest BCUT2D eigenvalue weighted by Gasteiger charge is -1.90. The summed E-state index contributed by atoms with van der Waals surface area (Å²) in [5, 5.41) is 0. The minimum Gasteiger partial charge on any atom is -0.121 e. The molecule has 1 aromatic rings. The van der Waals surface area contributed by atoms with E-state index < -0.39 is 0 Å². The van der Waals surface area contributed by atoms with Crippen molar-refractivity contribution >= 4 is 21.2 Å². The van der Waals surface area contributed by atoms with E-state index >= 15 is 0 Å². The minimum absolute atomic E-state index is 0.717. The van der Waals surface area contributed by atoms with E-state index in [0.717, 1.165) is 16.6 Å². The second kappa shape index (κ2) is 7.91. The van der Waals surface area contributed by atoms with Gasteiger partial charge in [-0.15, -0.1) is 5.47 Å². The van der Waals surface area contributed by atoms with Gasteiger partial charge in [0, 0.05) is 11.1 Å². The van der Waals surface area contributed by atoms with Crippen LogP contribution in [0.25, 0.3) is 0 Å². The summed E-state index contributed by atoms with van der Waals surface area (Å²) in [5.41, 5.74) is 3.09. The highest BCUT2D eigenvalue weighted by Gasteiger charge is 1.84. The average molecular weight is 238 g/mol. The quantitative estimate of drug-likeness (QED) is 0.420. The molecular formula is C17H12B2. The van der Waals surface area contributed by atoms with Gasteiger partial charge in [-0.3, -0.25) is 0 Å². The molecule has 0 aromatic heterocycles. The smallest absolute Gasteiger partial charge is 0.113 e. The Labute approximate surface area is 118 Å². The standard InChI is InChI=1S/C17H12B2/c1-3-15(9-8-14(2)18)6-4-5-7-16-10-12-17(19)13-11-16/h3,8-13H,1H2,2H3/b14-8+,15-9+. The summed E-state index contributed by atoms with van der Waals surface area (Å²) in [4.78, 5) is 0. The maximum absolute atomic E-state index is 5.59. The summed E-state index contributed by atoms with van der Waals surface area (Å²) in [7, 11) is 11.1. The Hall–Kier alpha value is -2.31. The monoisotopic (exact) mass is 238 g/mol. The second-order valence-corrected chi connectivity index (χ2v) is 3.86. The highest BCUT2D eigenvalue weighted by atomic mass is 13.9. The van der Waals surface area contributed by atoms with Gasteiger partial charge in [0.15, 0.2) is 0 Å². The highest BCUT2D eigenvalue weighted by molar-refractivity contribution is 6.32. The third kappa shape index (κ3) is 6.25. The fourth-order valence-electron chi connectivity index (χ4n) is 1.16. The number of hydrogen-bond donors (Lipinski definition) is 0. The van der Waals surface area contributed by atoms with Gasteiger partial charge in [-0.05, 0) is 30.0 Å². The van der Waals surface area contributed by atoms with Crippen molar-refractivity contribution in [1.82, 2.24) is 0 Å². The molecule has 0 aliphatic heterocycles. The van der Waals surface area contributed by atoms with E-state index in [-0.39, 0.29) is 0 Å². The molecule has 0 heterocycles. The van der Waals surface area contributed by atoms with E-state index in [1.54, 1.807) is 30.4 Å². The van der Waals surface area contributed by atoms with Gasteiger partial charge in [-0.2, -0.15) is 0 Å². The van der Waals surface area contributed by atoms with E-state index in [1.165, 1.54) is 0 Å². The minimum atomic E-state index is 0.717. The van der Waals surface area contributed by atoms with Crippen LogP contribution in [0.1, 0.15) is 12.5 Å². The molecule has 0 saturated carbocycles. The Kier molecular flexibility index (Phi) is 6.14. The molecule has 0 fully saturated rings. The topological polar surface area (TPSA) is 0 Å². The van der Waals surface area contributed by atoms with Crippen LogP contribution in [0.3, 0.4) is 0 Å². The molecule has 4 radical (unpaired) electrons. The van der Waals surface area contributed by atoms with Crippen molar-refractivity contribution in [2.75, 3.05) is 0 Å². The normalized spacial score (nSPS) is 10.8. The van der Waals surface area contributed by atoms with Crippen LogP contribution in [0, 0.1) is 23.7 Å². The molecule has 86 valence electrons. The number of hydrogen-bond acceptors (Lipinski definition) is 0.